The van der Waals surface area contributed by atoms with Crippen molar-refractivity contribution in [2.45, 2.75) is 19.4 Å². The summed E-state index contributed by atoms with van der Waals surface area (Å²) in [4.78, 5) is 21.5. The molecule has 14 heavy (non-hydrogen) atoms. The third-order valence-electron chi connectivity index (χ3n) is 1.84. The molecular formula is C9H13N3O2. The van der Waals surface area contributed by atoms with Crippen LogP contribution in [0.3, 0.4) is 0 Å². The number of amides is 1. The highest BCUT2D eigenvalue weighted by molar-refractivity contribution is 5.74. The van der Waals surface area contributed by atoms with Gasteiger partial charge in [0, 0.05) is 37.5 Å². The van der Waals surface area contributed by atoms with Crippen LogP contribution in [0.25, 0.3) is 0 Å². The fraction of sp³-hybridized carbons (Fsp3) is 0.333. The van der Waals surface area contributed by atoms with Crippen molar-refractivity contribution >= 4 is 5.91 Å². The number of carbonyl (C=O) groups is 1. The SMILES string of the molecule is NNC(=O)CCCn1ccc(=O)cc1. The fourth-order valence-corrected chi connectivity index (χ4v) is 1.09. The van der Waals surface area contributed by atoms with E-state index in [4.69, 9.17) is 5.84 Å². The van der Waals surface area contributed by atoms with E-state index >= 15 is 0 Å². The van der Waals surface area contributed by atoms with Crippen molar-refractivity contribution in [2.75, 3.05) is 0 Å². The molecule has 1 aromatic heterocycles. The highest BCUT2D eigenvalue weighted by Gasteiger charge is 1.97. The lowest BCUT2D eigenvalue weighted by Crippen LogP contribution is -2.29. The van der Waals surface area contributed by atoms with Crippen LogP contribution < -0.4 is 16.7 Å². The highest BCUT2D eigenvalue weighted by atomic mass is 16.2. The van der Waals surface area contributed by atoms with Gasteiger partial charge in [-0.05, 0) is 6.42 Å². The molecule has 0 aliphatic heterocycles. The van der Waals surface area contributed by atoms with E-state index in [2.05, 4.69) is 5.43 Å². The van der Waals surface area contributed by atoms with Crippen molar-refractivity contribution in [3.05, 3.63) is 34.7 Å². The zero-order valence-corrected chi connectivity index (χ0v) is 7.77. The molecule has 0 saturated carbocycles. The molecule has 5 heteroatoms. The third kappa shape index (κ3) is 3.40. The number of aromatic nitrogens is 1. The van der Waals surface area contributed by atoms with Crippen LogP contribution in [0.1, 0.15) is 12.8 Å². The molecule has 0 aliphatic carbocycles. The second kappa shape index (κ2) is 5.18. The zero-order chi connectivity index (χ0) is 10.4. The van der Waals surface area contributed by atoms with E-state index in [1.165, 1.54) is 12.1 Å². The van der Waals surface area contributed by atoms with E-state index in [1.54, 1.807) is 12.4 Å². The van der Waals surface area contributed by atoms with E-state index in [1.807, 2.05) is 4.57 Å². The first-order chi connectivity index (χ1) is 6.72. The standard InChI is InChI=1S/C9H13N3O2/c10-11-9(14)2-1-5-12-6-3-8(13)4-7-12/h3-4,6-7H,1-2,5,10H2,(H,11,14). The maximum absolute atomic E-state index is 10.8. The fourth-order valence-electron chi connectivity index (χ4n) is 1.09. The lowest BCUT2D eigenvalue weighted by Gasteiger charge is -2.04. The Balaban J connectivity index is 2.35. The van der Waals surface area contributed by atoms with Gasteiger partial charge in [-0.2, -0.15) is 0 Å². The van der Waals surface area contributed by atoms with E-state index in [-0.39, 0.29) is 11.3 Å². The molecular weight excluding hydrogens is 182 g/mol. The molecule has 0 saturated heterocycles. The van der Waals surface area contributed by atoms with Gasteiger partial charge in [0.2, 0.25) is 5.91 Å². The maximum Gasteiger partial charge on any atom is 0.233 e. The number of nitrogens with one attached hydrogen (secondary N) is 1. The number of pyridine rings is 1. The van der Waals surface area contributed by atoms with Gasteiger partial charge in [-0.3, -0.25) is 15.0 Å². The van der Waals surface area contributed by atoms with Crippen LogP contribution in [-0.4, -0.2) is 10.5 Å². The van der Waals surface area contributed by atoms with Gasteiger partial charge in [-0.25, -0.2) is 5.84 Å². The normalized spacial score (nSPS) is 9.79. The van der Waals surface area contributed by atoms with Gasteiger partial charge in [-0.1, -0.05) is 0 Å². The van der Waals surface area contributed by atoms with Crippen LogP contribution in [0.4, 0.5) is 0 Å². The number of hydrogen-bond acceptors (Lipinski definition) is 3. The first-order valence-electron chi connectivity index (χ1n) is 4.38. The van der Waals surface area contributed by atoms with Crippen molar-refractivity contribution in [1.29, 1.82) is 0 Å². The predicted molar refractivity (Wildman–Crippen MR) is 52.3 cm³/mol. The van der Waals surface area contributed by atoms with Gasteiger partial charge in [0.15, 0.2) is 5.43 Å². The van der Waals surface area contributed by atoms with E-state index in [0.29, 0.717) is 19.4 Å². The Morgan fingerprint density at radius 3 is 2.64 bits per heavy atom. The molecule has 3 N–H and O–H groups in total. The minimum absolute atomic E-state index is 0.0130. The molecule has 1 aromatic rings. The first kappa shape index (κ1) is 10.5. The van der Waals surface area contributed by atoms with E-state index in [9.17, 15) is 9.59 Å². The Morgan fingerprint density at radius 2 is 2.07 bits per heavy atom. The molecule has 76 valence electrons. The largest absolute Gasteiger partial charge is 0.354 e. The van der Waals surface area contributed by atoms with Crippen molar-refractivity contribution in [3.8, 4) is 0 Å². The summed E-state index contributed by atoms with van der Waals surface area (Å²) in [6, 6.07) is 2.98. The lowest BCUT2D eigenvalue weighted by molar-refractivity contribution is -0.121. The summed E-state index contributed by atoms with van der Waals surface area (Å²) in [6.07, 6.45) is 4.49. The van der Waals surface area contributed by atoms with Crippen LogP contribution in [0, 0.1) is 0 Å². The Hall–Kier alpha value is -1.62. The second-order valence-electron chi connectivity index (χ2n) is 2.94. The van der Waals surface area contributed by atoms with Crippen LogP contribution in [0.2, 0.25) is 0 Å². The number of rotatable bonds is 4. The molecule has 0 aliphatic rings. The molecule has 0 bridgehead atoms. The summed E-state index contributed by atoms with van der Waals surface area (Å²) < 4.78 is 1.85. The van der Waals surface area contributed by atoms with Crippen molar-refractivity contribution in [3.63, 3.8) is 0 Å². The van der Waals surface area contributed by atoms with Crippen LogP contribution in [-0.2, 0) is 11.3 Å². The quantitative estimate of drug-likeness (QED) is 0.390. The Kier molecular flexibility index (Phi) is 3.87. The maximum atomic E-state index is 10.8. The molecule has 5 nitrogen and oxygen atoms in total. The van der Waals surface area contributed by atoms with Crippen molar-refractivity contribution < 1.29 is 4.79 Å². The van der Waals surface area contributed by atoms with Crippen molar-refractivity contribution in [2.24, 2.45) is 5.84 Å². The van der Waals surface area contributed by atoms with Gasteiger partial charge in [0.25, 0.3) is 0 Å². The zero-order valence-electron chi connectivity index (χ0n) is 7.77. The molecule has 1 amide bonds. The first-order valence-corrected chi connectivity index (χ1v) is 4.38. The van der Waals surface area contributed by atoms with Crippen LogP contribution >= 0.6 is 0 Å². The van der Waals surface area contributed by atoms with Crippen molar-refractivity contribution in [1.82, 2.24) is 9.99 Å². The number of aryl methyl sites for hydroxylation is 1. The summed E-state index contributed by atoms with van der Waals surface area (Å²) >= 11 is 0. The van der Waals surface area contributed by atoms with E-state index in [0.717, 1.165) is 0 Å². The Morgan fingerprint density at radius 1 is 1.43 bits per heavy atom. The summed E-state index contributed by atoms with van der Waals surface area (Å²) in [5.41, 5.74) is 2.05. The Bertz CT molecular complexity index is 339. The second-order valence-corrected chi connectivity index (χ2v) is 2.94. The van der Waals surface area contributed by atoms with Gasteiger partial charge in [0.1, 0.15) is 0 Å². The van der Waals surface area contributed by atoms with Gasteiger partial charge in [-0.15, -0.1) is 0 Å². The molecule has 1 rings (SSSR count). The average Bonchev–Trinajstić information content (AvgIpc) is 2.21. The predicted octanol–water partition coefficient (Wildman–Crippen LogP) is -0.382. The number of nitrogens with zero attached hydrogens (tertiary/aromatic N) is 1. The smallest absolute Gasteiger partial charge is 0.233 e. The Labute approximate surface area is 81.5 Å². The minimum atomic E-state index is -0.175. The molecule has 0 radical (unpaired) electrons. The summed E-state index contributed by atoms with van der Waals surface area (Å²) in [6.45, 7) is 0.702. The number of carbonyl (C=O) groups excluding carboxylic acids is 1. The monoisotopic (exact) mass is 195 g/mol. The number of hydrazine groups is 1. The highest BCUT2D eigenvalue weighted by Crippen LogP contribution is 1.93. The lowest BCUT2D eigenvalue weighted by atomic mass is 10.3. The van der Waals surface area contributed by atoms with Gasteiger partial charge < -0.3 is 4.57 Å². The van der Waals surface area contributed by atoms with Gasteiger partial charge >= 0.3 is 0 Å². The molecule has 0 aromatic carbocycles. The summed E-state index contributed by atoms with van der Waals surface area (Å²) in [5.74, 6) is 4.75. The summed E-state index contributed by atoms with van der Waals surface area (Å²) in [7, 11) is 0. The minimum Gasteiger partial charge on any atom is -0.354 e. The molecule has 0 spiro atoms. The summed E-state index contributed by atoms with van der Waals surface area (Å²) in [5, 5.41) is 0. The topological polar surface area (TPSA) is 77.1 Å². The third-order valence-corrected chi connectivity index (χ3v) is 1.84. The number of hydrogen-bond donors (Lipinski definition) is 2. The van der Waals surface area contributed by atoms with E-state index < -0.39 is 0 Å². The number of nitrogens with two attached hydrogens (primary N) is 1. The molecule has 1 heterocycles. The molecule has 0 unspecified atom stereocenters. The van der Waals surface area contributed by atoms with Gasteiger partial charge in [0.05, 0.1) is 0 Å². The molecule has 0 atom stereocenters. The molecule has 0 fully saturated rings. The average molecular weight is 195 g/mol. The van der Waals surface area contributed by atoms with Crippen LogP contribution in [0.5, 0.6) is 0 Å². The van der Waals surface area contributed by atoms with Crippen LogP contribution in [0.15, 0.2) is 29.3 Å².